The van der Waals surface area contributed by atoms with Gasteiger partial charge in [0.15, 0.2) is 11.7 Å². The van der Waals surface area contributed by atoms with Crippen molar-refractivity contribution in [2.75, 3.05) is 11.9 Å². The molecular formula is C21H22N2O4S. The van der Waals surface area contributed by atoms with E-state index in [0.29, 0.717) is 22.2 Å². The highest BCUT2D eigenvalue weighted by Crippen LogP contribution is 2.25. The maximum Gasteiger partial charge on any atom is 0.342 e. The number of hydrogen-bond donors (Lipinski definition) is 1. The number of carbonyl (C=O) groups is 2. The molecule has 0 aliphatic rings. The fourth-order valence-corrected chi connectivity index (χ4v) is 3.56. The molecule has 2 heterocycles. The number of nitrogens with zero attached hydrogens (tertiary/aromatic N) is 1. The number of furan rings is 1. The van der Waals surface area contributed by atoms with E-state index in [9.17, 15) is 9.59 Å². The van der Waals surface area contributed by atoms with E-state index in [1.165, 1.54) is 16.9 Å². The highest BCUT2D eigenvalue weighted by atomic mass is 32.1. The standard InChI is InChI=1S/C21H22N2O4S/c1-5-15-6-8-16(9-7-15)17-11-28-21(22-17)23-18(24)10-26-20(25)19-12(2)13(3)27-14(19)4/h6-9,11H,5,10H2,1-4H3,(H,22,23,24). The van der Waals surface area contributed by atoms with Gasteiger partial charge in [0.1, 0.15) is 17.1 Å². The predicted molar refractivity (Wildman–Crippen MR) is 109 cm³/mol. The fourth-order valence-electron chi connectivity index (χ4n) is 2.83. The number of aromatic nitrogens is 1. The molecule has 0 unspecified atom stereocenters. The molecule has 1 aromatic carbocycles. The minimum absolute atomic E-state index is 0.373. The van der Waals surface area contributed by atoms with Gasteiger partial charge in [0.05, 0.1) is 5.69 Å². The first-order chi connectivity index (χ1) is 13.4. The molecule has 0 aliphatic carbocycles. The van der Waals surface area contributed by atoms with Crippen molar-refractivity contribution in [2.24, 2.45) is 0 Å². The van der Waals surface area contributed by atoms with E-state index in [-0.39, 0.29) is 6.61 Å². The number of ether oxygens (including phenoxy) is 1. The number of aryl methyl sites for hydroxylation is 3. The van der Waals surface area contributed by atoms with Crippen LogP contribution < -0.4 is 5.32 Å². The zero-order valence-corrected chi connectivity index (χ0v) is 17.1. The van der Waals surface area contributed by atoms with Crippen molar-refractivity contribution in [2.45, 2.75) is 34.1 Å². The largest absolute Gasteiger partial charge is 0.465 e. The molecular weight excluding hydrogens is 376 g/mol. The van der Waals surface area contributed by atoms with Crippen LogP contribution in [0, 0.1) is 20.8 Å². The Bertz CT molecular complexity index is 1000. The van der Waals surface area contributed by atoms with Gasteiger partial charge in [-0.25, -0.2) is 9.78 Å². The van der Waals surface area contributed by atoms with E-state index in [1.54, 1.807) is 20.8 Å². The molecule has 1 N–H and O–H groups in total. The van der Waals surface area contributed by atoms with Crippen molar-refractivity contribution in [3.05, 3.63) is 57.9 Å². The van der Waals surface area contributed by atoms with Gasteiger partial charge in [-0.2, -0.15) is 0 Å². The van der Waals surface area contributed by atoms with Crippen LogP contribution in [0.1, 0.15) is 39.9 Å². The number of amides is 1. The molecule has 6 nitrogen and oxygen atoms in total. The summed E-state index contributed by atoms with van der Waals surface area (Å²) >= 11 is 1.32. The highest BCUT2D eigenvalue weighted by Gasteiger charge is 2.21. The smallest absolute Gasteiger partial charge is 0.342 e. The Labute approximate surface area is 167 Å². The molecule has 0 atom stereocenters. The van der Waals surface area contributed by atoms with Crippen LogP contribution in [0.5, 0.6) is 0 Å². The summed E-state index contributed by atoms with van der Waals surface area (Å²) in [6.45, 7) is 6.98. The molecule has 1 amide bonds. The van der Waals surface area contributed by atoms with Crippen LogP contribution in [-0.2, 0) is 16.0 Å². The Balaban J connectivity index is 1.58. The third kappa shape index (κ3) is 4.31. The van der Waals surface area contributed by atoms with Crippen LogP contribution in [0.2, 0.25) is 0 Å². The summed E-state index contributed by atoms with van der Waals surface area (Å²) in [5, 5.41) is 5.00. The Hall–Kier alpha value is -2.93. The molecule has 0 aliphatic heterocycles. The molecule has 7 heteroatoms. The number of carbonyl (C=O) groups excluding carboxylic acids is 2. The summed E-state index contributed by atoms with van der Waals surface area (Å²) in [5.41, 5.74) is 4.13. The van der Waals surface area contributed by atoms with Gasteiger partial charge in [0.25, 0.3) is 5.91 Å². The van der Waals surface area contributed by atoms with Crippen LogP contribution in [0.3, 0.4) is 0 Å². The van der Waals surface area contributed by atoms with Gasteiger partial charge in [-0.3, -0.25) is 10.1 Å². The topological polar surface area (TPSA) is 81.4 Å². The number of benzene rings is 1. The number of esters is 1. The minimum Gasteiger partial charge on any atom is -0.465 e. The lowest BCUT2D eigenvalue weighted by molar-refractivity contribution is -0.119. The first kappa shape index (κ1) is 19.8. The zero-order valence-electron chi connectivity index (χ0n) is 16.3. The lowest BCUT2D eigenvalue weighted by Gasteiger charge is -2.05. The Morgan fingerprint density at radius 2 is 1.86 bits per heavy atom. The average molecular weight is 398 g/mol. The SMILES string of the molecule is CCc1ccc(-c2csc(NC(=O)COC(=O)c3c(C)oc(C)c3C)n2)cc1. The Morgan fingerprint density at radius 1 is 1.14 bits per heavy atom. The van der Waals surface area contributed by atoms with Crippen molar-refractivity contribution in [1.82, 2.24) is 4.98 Å². The third-order valence-electron chi connectivity index (χ3n) is 4.51. The monoisotopic (exact) mass is 398 g/mol. The second-order valence-electron chi connectivity index (χ2n) is 6.43. The van der Waals surface area contributed by atoms with E-state index in [1.807, 2.05) is 17.5 Å². The van der Waals surface area contributed by atoms with Gasteiger partial charge in [-0.15, -0.1) is 11.3 Å². The van der Waals surface area contributed by atoms with Gasteiger partial charge in [0, 0.05) is 16.5 Å². The normalized spacial score (nSPS) is 10.7. The molecule has 3 aromatic rings. The van der Waals surface area contributed by atoms with E-state index >= 15 is 0 Å². The van der Waals surface area contributed by atoms with Gasteiger partial charge in [0.2, 0.25) is 0 Å². The number of thiazole rings is 1. The summed E-state index contributed by atoms with van der Waals surface area (Å²) in [7, 11) is 0. The molecule has 0 spiro atoms. The number of anilines is 1. The molecule has 0 saturated heterocycles. The third-order valence-corrected chi connectivity index (χ3v) is 5.27. The van der Waals surface area contributed by atoms with Crippen LogP contribution in [0.25, 0.3) is 11.3 Å². The van der Waals surface area contributed by atoms with Gasteiger partial charge < -0.3 is 9.15 Å². The first-order valence-electron chi connectivity index (χ1n) is 8.97. The molecule has 0 saturated carbocycles. The quantitative estimate of drug-likeness (QED) is 0.610. The van der Waals surface area contributed by atoms with Crippen LogP contribution in [0.15, 0.2) is 34.1 Å². The van der Waals surface area contributed by atoms with Crippen LogP contribution in [0.4, 0.5) is 5.13 Å². The molecule has 0 fully saturated rings. The lowest BCUT2D eigenvalue weighted by Crippen LogP contribution is -2.21. The number of nitrogens with one attached hydrogen (secondary N) is 1. The molecule has 0 bridgehead atoms. The van der Waals surface area contributed by atoms with Crippen molar-refractivity contribution < 1.29 is 18.7 Å². The van der Waals surface area contributed by atoms with Crippen LogP contribution >= 0.6 is 11.3 Å². The lowest BCUT2D eigenvalue weighted by atomic mass is 10.1. The summed E-state index contributed by atoms with van der Waals surface area (Å²) in [4.78, 5) is 28.8. The first-order valence-corrected chi connectivity index (χ1v) is 9.85. The van der Waals surface area contributed by atoms with Gasteiger partial charge in [-0.05, 0) is 32.8 Å². The summed E-state index contributed by atoms with van der Waals surface area (Å²) in [5.74, 6) is 0.138. The second-order valence-corrected chi connectivity index (χ2v) is 7.29. The molecule has 2 aromatic heterocycles. The van der Waals surface area contributed by atoms with Crippen molar-refractivity contribution in [3.8, 4) is 11.3 Å². The van der Waals surface area contributed by atoms with Gasteiger partial charge >= 0.3 is 5.97 Å². The van der Waals surface area contributed by atoms with Crippen molar-refractivity contribution in [3.63, 3.8) is 0 Å². The number of hydrogen-bond acceptors (Lipinski definition) is 6. The maximum absolute atomic E-state index is 12.2. The van der Waals surface area contributed by atoms with Gasteiger partial charge in [-0.1, -0.05) is 31.2 Å². The summed E-state index contributed by atoms with van der Waals surface area (Å²) < 4.78 is 10.5. The van der Waals surface area contributed by atoms with Crippen molar-refractivity contribution >= 4 is 28.3 Å². The van der Waals surface area contributed by atoms with Crippen molar-refractivity contribution in [1.29, 1.82) is 0 Å². The zero-order chi connectivity index (χ0) is 20.3. The summed E-state index contributed by atoms with van der Waals surface area (Å²) in [6.07, 6.45) is 0.981. The minimum atomic E-state index is -0.571. The van der Waals surface area contributed by atoms with E-state index in [0.717, 1.165) is 23.2 Å². The highest BCUT2D eigenvalue weighted by molar-refractivity contribution is 7.14. The second kappa shape index (κ2) is 8.39. The van der Waals surface area contributed by atoms with Crippen LogP contribution in [-0.4, -0.2) is 23.5 Å². The molecule has 0 radical (unpaired) electrons. The Kier molecular flexibility index (Phi) is 5.94. The fraction of sp³-hybridized carbons (Fsp3) is 0.286. The van der Waals surface area contributed by atoms with E-state index in [2.05, 4.69) is 29.4 Å². The summed E-state index contributed by atoms with van der Waals surface area (Å²) in [6, 6.07) is 8.15. The van der Waals surface area contributed by atoms with E-state index < -0.39 is 11.9 Å². The molecule has 146 valence electrons. The molecule has 3 rings (SSSR count). The predicted octanol–water partition coefficient (Wildman–Crippen LogP) is 4.69. The van der Waals surface area contributed by atoms with E-state index in [4.69, 9.17) is 9.15 Å². The average Bonchev–Trinajstić information content (AvgIpc) is 3.24. The Morgan fingerprint density at radius 3 is 2.46 bits per heavy atom. The maximum atomic E-state index is 12.2. The number of rotatable bonds is 6. The molecule has 28 heavy (non-hydrogen) atoms.